The van der Waals surface area contributed by atoms with E-state index in [0.717, 1.165) is 13.1 Å². The second-order valence-corrected chi connectivity index (χ2v) is 2.03. The summed E-state index contributed by atoms with van der Waals surface area (Å²) in [5, 5.41) is 3.03. The summed E-state index contributed by atoms with van der Waals surface area (Å²) < 4.78 is 0. The molecule has 0 fully saturated rings. The van der Waals surface area contributed by atoms with Gasteiger partial charge in [0.15, 0.2) is 0 Å². The predicted octanol–water partition coefficient (Wildman–Crippen LogP) is -0.0903. The Labute approximate surface area is 64.2 Å². The molecule has 10 heavy (non-hydrogen) atoms. The average molecular weight is 147 g/mol. The minimum Gasteiger partial charge on any atom is -0.329 e. The van der Waals surface area contributed by atoms with E-state index in [4.69, 9.17) is 11.5 Å². The molecule has 0 saturated heterocycles. The van der Waals surface area contributed by atoms with Crippen LogP contribution in [0, 0.1) is 0 Å². The Balaban J connectivity index is 0. The molecule has 0 aromatic rings. The Hall–Kier alpha value is -0.120. The average Bonchev–Trinajstić information content (AvgIpc) is 1.91. The quantitative estimate of drug-likeness (QED) is 0.487. The van der Waals surface area contributed by atoms with Gasteiger partial charge in [-0.15, -0.1) is 0 Å². The van der Waals surface area contributed by atoms with E-state index in [1.54, 1.807) is 0 Å². The van der Waals surface area contributed by atoms with Crippen molar-refractivity contribution in [3.05, 3.63) is 0 Å². The summed E-state index contributed by atoms with van der Waals surface area (Å²) in [7, 11) is 0. The molecule has 5 N–H and O–H groups in total. The van der Waals surface area contributed by atoms with Gasteiger partial charge in [0.05, 0.1) is 0 Å². The molecule has 0 saturated carbocycles. The van der Waals surface area contributed by atoms with Gasteiger partial charge in [0.2, 0.25) is 0 Å². The molecule has 0 aromatic heterocycles. The monoisotopic (exact) mass is 147 g/mol. The lowest BCUT2D eigenvalue weighted by Gasteiger charge is -1.95. The van der Waals surface area contributed by atoms with E-state index in [-0.39, 0.29) is 0 Å². The van der Waals surface area contributed by atoms with E-state index in [9.17, 15) is 0 Å². The standard InChI is InChI=1S/C4H13N3.C3H8/c5-1-3-7-4-2-6;1-3-2/h7H,1-6H2;3H2,1-2H3. The van der Waals surface area contributed by atoms with Crippen molar-refractivity contribution in [2.24, 2.45) is 11.5 Å². The number of nitrogens with one attached hydrogen (secondary N) is 1. The van der Waals surface area contributed by atoms with Crippen LogP contribution >= 0.6 is 0 Å². The van der Waals surface area contributed by atoms with Crippen molar-refractivity contribution in [1.29, 1.82) is 0 Å². The summed E-state index contributed by atoms with van der Waals surface area (Å²) in [6.45, 7) is 7.38. The van der Waals surface area contributed by atoms with Crippen LogP contribution in [0.5, 0.6) is 0 Å². The summed E-state index contributed by atoms with van der Waals surface area (Å²) in [6, 6.07) is 0. The van der Waals surface area contributed by atoms with E-state index >= 15 is 0 Å². The normalized spacial score (nSPS) is 8.40. The van der Waals surface area contributed by atoms with Gasteiger partial charge in [0.25, 0.3) is 0 Å². The van der Waals surface area contributed by atoms with Crippen molar-refractivity contribution in [3.63, 3.8) is 0 Å². The topological polar surface area (TPSA) is 64.1 Å². The molecule has 0 atom stereocenters. The molecule has 3 nitrogen and oxygen atoms in total. The molecule has 3 heteroatoms. The lowest BCUT2D eigenvalue weighted by atomic mass is 10.6. The highest BCUT2D eigenvalue weighted by molar-refractivity contribution is 4.45. The predicted molar refractivity (Wildman–Crippen MR) is 46.9 cm³/mol. The van der Waals surface area contributed by atoms with Crippen LogP contribution in [0.1, 0.15) is 20.3 Å². The summed E-state index contributed by atoms with van der Waals surface area (Å²) in [5.41, 5.74) is 10.3. The molecule has 0 aliphatic heterocycles. The first kappa shape index (κ1) is 12.5. The fourth-order valence-corrected chi connectivity index (χ4v) is 0.329. The first-order chi connectivity index (χ1) is 4.83. The molecule has 0 bridgehead atoms. The van der Waals surface area contributed by atoms with Gasteiger partial charge in [-0.05, 0) is 0 Å². The molecule has 0 radical (unpaired) electrons. The van der Waals surface area contributed by atoms with Crippen LogP contribution in [0.2, 0.25) is 0 Å². The van der Waals surface area contributed by atoms with Crippen LogP contribution in [-0.2, 0) is 0 Å². The molecule has 64 valence electrons. The van der Waals surface area contributed by atoms with Gasteiger partial charge < -0.3 is 16.8 Å². The van der Waals surface area contributed by atoms with Crippen molar-refractivity contribution in [3.8, 4) is 0 Å². The smallest absolute Gasteiger partial charge is 0.00750 e. The van der Waals surface area contributed by atoms with Crippen LogP contribution in [-0.4, -0.2) is 26.2 Å². The summed E-state index contributed by atoms with van der Waals surface area (Å²) in [6.07, 6.45) is 1.25. The molecule has 0 amide bonds. The van der Waals surface area contributed by atoms with Crippen LogP contribution in [0.3, 0.4) is 0 Å². The van der Waals surface area contributed by atoms with E-state index in [1.165, 1.54) is 6.42 Å². The number of nitrogens with two attached hydrogens (primary N) is 2. The van der Waals surface area contributed by atoms with E-state index in [2.05, 4.69) is 19.2 Å². The SMILES string of the molecule is CCC.NCCNCCN. The summed E-state index contributed by atoms with van der Waals surface area (Å²) in [4.78, 5) is 0. The Morgan fingerprint density at radius 1 is 1.00 bits per heavy atom. The zero-order valence-corrected chi connectivity index (χ0v) is 7.19. The second-order valence-electron chi connectivity index (χ2n) is 2.03. The third-order valence-corrected chi connectivity index (χ3v) is 0.642. The van der Waals surface area contributed by atoms with Crippen molar-refractivity contribution < 1.29 is 0 Å². The van der Waals surface area contributed by atoms with Gasteiger partial charge in [0.1, 0.15) is 0 Å². The fraction of sp³-hybridized carbons (Fsp3) is 1.00. The zero-order valence-electron chi connectivity index (χ0n) is 7.19. The number of hydrogen-bond donors (Lipinski definition) is 3. The van der Waals surface area contributed by atoms with Crippen molar-refractivity contribution in [1.82, 2.24) is 5.32 Å². The van der Waals surface area contributed by atoms with Gasteiger partial charge in [0, 0.05) is 26.2 Å². The minimum atomic E-state index is 0.694. The first-order valence-electron chi connectivity index (χ1n) is 3.94. The van der Waals surface area contributed by atoms with Gasteiger partial charge >= 0.3 is 0 Å². The second kappa shape index (κ2) is 15.9. The number of hydrogen-bond acceptors (Lipinski definition) is 3. The number of rotatable bonds is 4. The Kier molecular flexibility index (Phi) is 20.0. The summed E-state index contributed by atoms with van der Waals surface area (Å²) >= 11 is 0. The third kappa shape index (κ3) is 24.8. The van der Waals surface area contributed by atoms with E-state index in [0.29, 0.717) is 13.1 Å². The lowest BCUT2D eigenvalue weighted by molar-refractivity contribution is 0.696. The zero-order chi connectivity index (χ0) is 8.24. The maximum Gasteiger partial charge on any atom is 0.00750 e. The fourth-order valence-electron chi connectivity index (χ4n) is 0.329. The molecule has 0 spiro atoms. The highest BCUT2D eigenvalue weighted by atomic mass is 14.9. The van der Waals surface area contributed by atoms with Gasteiger partial charge in [-0.1, -0.05) is 20.3 Å². The maximum atomic E-state index is 5.17. The molecular weight excluding hydrogens is 126 g/mol. The molecule has 0 aliphatic rings. The van der Waals surface area contributed by atoms with Gasteiger partial charge in [-0.25, -0.2) is 0 Å². The Morgan fingerprint density at radius 3 is 1.50 bits per heavy atom. The third-order valence-electron chi connectivity index (χ3n) is 0.642. The lowest BCUT2D eigenvalue weighted by Crippen LogP contribution is -2.27. The molecular formula is C7H21N3. The highest BCUT2D eigenvalue weighted by Gasteiger charge is 1.76. The van der Waals surface area contributed by atoms with Crippen molar-refractivity contribution in [2.45, 2.75) is 20.3 Å². The van der Waals surface area contributed by atoms with Crippen molar-refractivity contribution >= 4 is 0 Å². The molecule has 0 aliphatic carbocycles. The van der Waals surface area contributed by atoms with E-state index < -0.39 is 0 Å². The molecule has 0 rings (SSSR count). The molecule has 0 unspecified atom stereocenters. The van der Waals surface area contributed by atoms with Gasteiger partial charge in [-0.3, -0.25) is 0 Å². The maximum absolute atomic E-state index is 5.17. The van der Waals surface area contributed by atoms with Crippen LogP contribution in [0.25, 0.3) is 0 Å². The Morgan fingerprint density at radius 2 is 1.30 bits per heavy atom. The van der Waals surface area contributed by atoms with E-state index in [1.807, 2.05) is 0 Å². The van der Waals surface area contributed by atoms with Crippen LogP contribution in [0.15, 0.2) is 0 Å². The Bertz CT molecular complexity index is 35.8. The minimum absolute atomic E-state index is 0.694. The summed E-state index contributed by atoms with van der Waals surface area (Å²) in [5.74, 6) is 0. The highest BCUT2D eigenvalue weighted by Crippen LogP contribution is 1.56. The van der Waals surface area contributed by atoms with Crippen LogP contribution in [0.4, 0.5) is 0 Å². The first-order valence-corrected chi connectivity index (χ1v) is 3.94. The largest absolute Gasteiger partial charge is 0.329 e. The van der Waals surface area contributed by atoms with Gasteiger partial charge in [-0.2, -0.15) is 0 Å². The molecule has 0 aromatic carbocycles. The van der Waals surface area contributed by atoms with Crippen LogP contribution < -0.4 is 16.8 Å². The van der Waals surface area contributed by atoms with Crippen molar-refractivity contribution in [2.75, 3.05) is 26.2 Å². The molecule has 0 heterocycles.